The SMILES string of the molecule is CSCCCCNCc1ccc(-n2cccn2)cc1. The van der Waals surface area contributed by atoms with Crippen LogP contribution in [0.5, 0.6) is 0 Å². The van der Waals surface area contributed by atoms with Gasteiger partial charge < -0.3 is 5.32 Å². The second-order valence-electron chi connectivity index (χ2n) is 4.49. The number of benzene rings is 1. The van der Waals surface area contributed by atoms with E-state index in [1.807, 2.05) is 28.7 Å². The molecule has 0 aliphatic carbocycles. The molecule has 102 valence electrons. The van der Waals surface area contributed by atoms with Crippen LogP contribution in [0, 0.1) is 0 Å². The molecule has 0 atom stereocenters. The maximum atomic E-state index is 4.22. The highest BCUT2D eigenvalue weighted by Gasteiger charge is 1.97. The predicted molar refractivity (Wildman–Crippen MR) is 82.9 cm³/mol. The highest BCUT2D eigenvalue weighted by molar-refractivity contribution is 7.98. The van der Waals surface area contributed by atoms with Gasteiger partial charge in [0.25, 0.3) is 0 Å². The van der Waals surface area contributed by atoms with Crippen LogP contribution in [0.4, 0.5) is 0 Å². The number of nitrogens with one attached hydrogen (secondary N) is 1. The fraction of sp³-hybridized carbons (Fsp3) is 0.400. The Bertz CT molecular complexity index is 451. The molecule has 0 fully saturated rings. The Kier molecular flexibility index (Phi) is 5.98. The third kappa shape index (κ3) is 4.73. The first-order chi connectivity index (χ1) is 9.40. The molecule has 0 radical (unpaired) electrons. The molecule has 1 aromatic heterocycles. The van der Waals surface area contributed by atoms with E-state index in [2.05, 4.69) is 40.9 Å². The molecule has 0 spiro atoms. The smallest absolute Gasteiger partial charge is 0.0645 e. The summed E-state index contributed by atoms with van der Waals surface area (Å²) in [7, 11) is 0. The first-order valence-electron chi connectivity index (χ1n) is 6.69. The Morgan fingerprint density at radius 3 is 2.74 bits per heavy atom. The van der Waals surface area contributed by atoms with Gasteiger partial charge in [-0.3, -0.25) is 0 Å². The van der Waals surface area contributed by atoms with E-state index >= 15 is 0 Å². The quantitative estimate of drug-likeness (QED) is 0.751. The van der Waals surface area contributed by atoms with E-state index in [-0.39, 0.29) is 0 Å². The van der Waals surface area contributed by atoms with Crippen LogP contribution in [0.3, 0.4) is 0 Å². The second-order valence-corrected chi connectivity index (χ2v) is 5.48. The molecular formula is C15H21N3S. The average Bonchev–Trinajstić information content (AvgIpc) is 2.97. The van der Waals surface area contributed by atoms with Crippen molar-refractivity contribution in [2.45, 2.75) is 19.4 Å². The normalized spacial score (nSPS) is 10.8. The zero-order valence-corrected chi connectivity index (χ0v) is 12.2. The summed E-state index contributed by atoms with van der Waals surface area (Å²) in [4.78, 5) is 0. The molecule has 2 aromatic rings. The van der Waals surface area contributed by atoms with Crippen LogP contribution < -0.4 is 5.32 Å². The molecule has 0 saturated heterocycles. The minimum atomic E-state index is 0.943. The molecule has 1 heterocycles. The molecule has 0 amide bonds. The van der Waals surface area contributed by atoms with Crippen LogP contribution in [-0.2, 0) is 6.54 Å². The lowest BCUT2D eigenvalue weighted by atomic mass is 10.2. The standard InChI is InChI=1S/C15H21N3S/c1-19-12-3-2-9-16-13-14-5-7-15(8-6-14)18-11-4-10-17-18/h4-8,10-11,16H,2-3,9,12-13H2,1H3. The molecule has 1 aromatic carbocycles. The molecular weight excluding hydrogens is 254 g/mol. The van der Waals surface area contributed by atoms with E-state index in [0.29, 0.717) is 0 Å². The van der Waals surface area contributed by atoms with Gasteiger partial charge in [0.1, 0.15) is 0 Å². The number of thioether (sulfide) groups is 1. The maximum absolute atomic E-state index is 4.22. The van der Waals surface area contributed by atoms with E-state index < -0.39 is 0 Å². The first-order valence-corrected chi connectivity index (χ1v) is 8.08. The van der Waals surface area contributed by atoms with Crippen LogP contribution in [0.15, 0.2) is 42.7 Å². The summed E-state index contributed by atoms with van der Waals surface area (Å²) in [5, 5.41) is 7.70. The summed E-state index contributed by atoms with van der Waals surface area (Å²) in [6.07, 6.45) is 8.47. The van der Waals surface area contributed by atoms with Gasteiger partial charge >= 0.3 is 0 Å². The largest absolute Gasteiger partial charge is 0.313 e. The Labute approximate surface area is 119 Å². The molecule has 0 saturated carbocycles. The van der Waals surface area contributed by atoms with Gasteiger partial charge in [0.15, 0.2) is 0 Å². The minimum absolute atomic E-state index is 0.943. The number of aromatic nitrogens is 2. The van der Waals surface area contributed by atoms with Crippen LogP contribution in [0.1, 0.15) is 18.4 Å². The van der Waals surface area contributed by atoms with Gasteiger partial charge in [-0.05, 0) is 55.2 Å². The Morgan fingerprint density at radius 2 is 2.05 bits per heavy atom. The first kappa shape index (κ1) is 14.2. The molecule has 4 heteroatoms. The van der Waals surface area contributed by atoms with Crippen molar-refractivity contribution in [3.63, 3.8) is 0 Å². The lowest BCUT2D eigenvalue weighted by molar-refractivity contribution is 0.644. The monoisotopic (exact) mass is 275 g/mol. The fourth-order valence-electron chi connectivity index (χ4n) is 1.92. The lowest BCUT2D eigenvalue weighted by Crippen LogP contribution is -2.14. The highest BCUT2D eigenvalue weighted by atomic mass is 32.2. The van der Waals surface area contributed by atoms with Crippen molar-refractivity contribution in [2.24, 2.45) is 0 Å². The Morgan fingerprint density at radius 1 is 1.21 bits per heavy atom. The second kappa shape index (κ2) is 8.02. The van der Waals surface area contributed by atoms with Crippen LogP contribution >= 0.6 is 11.8 Å². The minimum Gasteiger partial charge on any atom is -0.313 e. The zero-order valence-electron chi connectivity index (χ0n) is 11.4. The maximum Gasteiger partial charge on any atom is 0.0645 e. The molecule has 2 rings (SSSR count). The van der Waals surface area contributed by atoms with E-state index in [0.717, 1.165) is 18.8 Å². The molecule has 0 bridgehead atoms. The van der Waals surface area contributed by atoms with E-state index in [1.165, 1.54) is 24.2 Å². The van der Waals surface area contributed by atoms with Crippen molar-refractivity contribution in [3.8, 4) is 5.69 Å². The number of unbranched alkanes of at least 4 members (excludes halogenated alkanes) is 1. The summed E-state index contributed by atoms with van der Waals surface area (Å²) < 4.78 is 1.87. The summed E-state index contributed by atoms with van der Waals surface area (Å²) in [6.45, 7) is 2.04. The molecule has 3 nitrogen and oxygen atoms in total. The predicted octanol–water partition coefficient (Wildman–Crippen LogP) is 3.11. The summed E-state index contributed by atoms with van der Waals surface area (Å²) >= 11 is 1.92. The summed E-state index contributed by atoms with van der Waals surface area (Å²) in [5.41, 5.74) is 2.43. The third-order valence-corrected chi connectivity index (χ3v) is 3.68. The van der Waals surface area contributed by atoms with Crippen molar-refractivity contribution >= 4 is 11.8 Å². The molecule has 0 unspecified atom stereocenters. The van der Waals surface area contributed by atoms with Crippen molar-refractivity contribution < 1.29 is 0 Å². The zero-order chi connectivity index (χ0) is 13.3. The topological polar surface area (TPSA) is 29.9 Å². The summed E-state index contributed by atoms with van der Waals surface area (Å²) in [5.74, 6) is 1.26. The number of nitrogens with zero attached hydrogens (tertiary/aromatic N) is 2. The summed E-state index contributed by atoms with van der Waals surface area (Å²) in [6, 6.07) is 10.5. The van der Waals surface area contributed by atoms with Gasteiger partial charge in [-0.2, -0.15) is 16.9 Å². The van der Waals surface area contributed by atoms with Crippen LogP contribution in [0.2, 0.25) is 0 Å². The van der Waals surface area contributed by atoms with E-state index in [9.17, 15) is 0 Å². The molecule has 0 aliphatic rings. The van der Waals surface area contributed by atoms with Crippen LogP contribution in [-0.4, -0.2) is 28.3 Å². The van der Waals surface area contributed by atoms with Gasteiger partial charge in [0, 0.05) is 18.9 Å². The average molecular weight is 275 g/mol. The van der Waals surface area contributed by atoms with Crippen molar-refractivity contribution in [3.05, 3.63) is 48.3 Å². The molecule has 1 N–H and O–H groups in total. The van der Waals surface area contributed by atoms with E-state index in [1.54, 1.807) is 6.20 Å². The molecule has 19 heavy (non-hydrogen) atoms. The Balaban J connectivity index is 1.73. The van der Waals surface area contributed by atoms with Crippen molar-refractivity contribution in [1.29, 1.82) is 0 Å². The highest BCUT2D eigenvalue weighted by Crippen LogP contribution is 2.08. The van der Waals surface area contributed by atoms with Gasteiger partial charge in [0.2, 0.25) is 0 Å². The van der Waals surface area contributed by atoms with E-state index in [4.69, 9.17) is 0 Å². The van der Waals surface area contributed by atoms with Crippen LogP contribution in [0.25, 0.3) is 5.69 Å². The Hall–Kier alpha value is -1.26. The van der Waals surface area contributed by atoms with Gasteiger partial charge in [-0.1, -0.05) is 12.1 Å². The van der Waals surface area contributed by atoms with Gasteiger partial charge in [-0.25, -0.2) is 4.68 Å². The lowest BCUT2D eigenvalue weighted by Gasteiger charge is -2.06. The van der Waals surface area contributed by atoms with Crippen molar-refractivity contribution in [1.82, 2.24) is 15.1 Å². The molecule has 0 aliphatic heterocycles. The number of rotatable bonds is 8. The third-order valence-electron chi connectivity index (χ3n) is 2.99. The van der Waals surface area contributed by atoms with Gasteiger partial charge in [0.05, 0.1) is 5.69 Å². The van der Waals surface area contributed by atoms with Gasteiger partial charge in [-0.15, -0.1) is 0 Å². The fourth-order valence-corrected chi connectivity index (χ4v) is 2.41. The number of hydrogen-bond donors (Lipinski definition) is 1. The van der Waals surface area contributed by atoms with Crippen molar-refractivity contribution in [2.75, 3.05) is 18.6 Å². The number of hydrogen-bond acceptors (Lipinski definition) is 3.